The number of carboxylic acid groups (broad SMARTS) is 1. The van der Waals surface area contributed by atoms with Gasteiger partial charge in [-0.2, -0.15) is 4.40 Å². The molecule has 13 heteroatoms. The van der Waals surface area contributed by atoms with E-state index in [1.165, 1.54) is 34.1 Å². The Bertz CT molecular complexity index is 1160. The number of carbonyl (C=O) groups excluding carboxylic acids is 2. The first-order valence-electron chi connectivity index (χ1n) is 9.65. The first-order chi connectivity index (χ1) is 14.6. The molecule has 0 saturated carbocycles. The fourth-order valence-corrected chi connectivity index (χ4v) is 6.95. The van der Waals surface area contributed by atoms with Crippen LogP contribution in [0.4, 0.5) is 9.18 Å². The molecule has 4 N–H and O–H groups in total. The average Bonchev–Trinajstić information content (AvgIpc) is 3.28. The Kier molecular flexibility index (Phi) is 6.94. The van der Waals surface area contributed by atoms with Crippen LogP contribution in [0, 0.1) is 18.8 Å². The highest BCUT2D eigenvalue weighted by Gasteiger charge is 2.60. The Balaban J connectivity index is 0.00000289. The van der Waals surface area contributed by atoms with Crippen LogP contribution >= 0.6 is 23.1 Å². The molecule has 0 aromatic carbocycles. The van der Waals surface area contributed by atoms with E-state index >= 15 is 0 Å². The van der Waals surface area contributed by atoms with Gasteiger partial charge in [0.25, 0.3) is 6.33 Å². The van der Waals surface area contributed by atoms with E-state index in [4.69, 9.17) is 5.73 Å². The third-order valence-corrected chi connectivity index (χ3v) is 8.37. The van der Waals surface area contributed by atoms with Gasteiger partial charge < -0.3 is 44.8 Å². The van der Waals surface area contributed by atoms with Gasteiger partial charge in [-0.3, -0.25) is 9.18 Å². The van der Waals surface area contributed by atoms with E-state index in [1.807, 2.05) is 6.92 Å². The molecule has 0 radical (unpaired) electrons. The Morgan fingerprint density at radius 1 is 1.44 bits per heavy atom. The van der Waals surface area contributed by atoms with Gasteiger partial charge in [0.05, 0.1) is 29.6 Å². The fourth-order valence-electron chi connectivity index (χ4n) is 4.58. The van der Waals surface area contributed by atoms with Crippen molar-refractivity contribution in [3.63, 3.8) is 0 Å². The minimum Gasteiger partial charge on any atom is -1.00 e. The standard InChI is InChI=1S/C19H21FN4O5S2.HI/c1-7-10(13(18(27)28)24-12(7)11(9(3)25)15(24)26)14-8(2)22-6-23(19(21)29)16(17(22)31-14)30-5-4-20;/h6-7,9,11-12,25H,4-5H2,1-3H3,(H2-,21,27,28,29);1H/t7-,9+,11+,12+;/m0./s1. The van der Waals surface area contributed by atoms with Crippen LogP contribution in [0.5, 0.6) is 0 Å². The summed E-state index contributed by atoms with van der Waals surface area (Å²) < 4.78 is 15.8. The van der Waals surface area contributed by atoms with Gasteiger partial charge in [0.15, 0.2) is 0 Å². The summed E-state index contributed by atoms with van der Waals surface area (Å²) in [6, 6.07) is -1.13. The number of fused-ring (bicyclic) bond motifs is 2. The first-order valence-corrected chi connectivity index (χ1v) is 11.5. The van der Waals surface area contributed by atoms with Gasteiger partial charge in [0.1, 0.15) is 11.4 Å². The van der Waals surface area contributed by atoms with Crippen LogP contribution in [0.2, 0.25) is 0 Å². The molecule has 4 atom stereocenters. The zero-order valence-electron chi connectivity index (χ0n) is 17.4. The zero-order valence-corrected chi connectivity index (χ0v) is 21.2. The molecule has 4 heterocycles. The highest BCUT2D eigenvalue weighted by Crippen LogP contribution is 2.52. The van der Waals surface area contributed by atoms with Crippen molar-refractivity contribution >= 4 is 51.4 Å². The molecule has 2 aliphatic rings. The van der Waals surface area contributed by atoms with Gasteiger partial charge in [-0.15, -0.1) is 4.57 Å². The molecule has 2 aromatic heterocycles. The summed E-state index contributed by atoms with van der Waals surface area (Å²) in [6.07, 6.45) is 0.622. The van der Waals surface area contributed by atoms with Crippen LogP contribution in [0.3, 0.4) is 0 Å². The van der Waals surface area contributed by atoms with Gasteiger partial charge in [-0.1, -0.05) is 30.0 Å². The molecule has 0 spiro atoms. The average molecular weight is 596 g/mol. The number of alkyl halides is 1. The third-order valence-electron chi connectivity index (χ3n) is 5.91. The lowest BCUT2D eigenvalue weighted by Crippen LogP contribution is -3.00. The molecule has 1 fully saturated rings. The monoisotopic (exact) mass is 596 g/mol. The number of imidazole rings is 1. The van der Waals surface area contributed by atoms with Crippen LogP contribution in [-0.4, -0.2) is 62.2 Å². The van der Waals surface area contributed by atoms with Crippen molar-refractivity contribution in [1.29, 1.82) is 0 Å². The number of aromatic nitrogens is 2. The van der Waals surface area contributed by atoms with Gasteiger partial charge in [-0.05, 0) is 13.8 Å². The highest BCUT2D eigenvalue weighted by atomic mass is 127. The van der Waals surface area contributed by atoms with Crippen molar-refractivity contribution in [3.8, 4) is 0 Å². The number of thioether (sulfide) groups is 1. The summed E-state index contributed by atoms with van der Waals surface area (Å²) in [4.78, 5) is 39.2. The lowest BCUT2D eigenvalue weighted by atomic mass is 9.77. The number of rotatable bonds is 6. The molecule has 2 amide bonds. The number of primary amides is 1. The number of aliphatic carboxylic acids is 1. The first kappa shape index (κ1) is 24.9. The summed E-state index contributed by atoms with van der Waals surface area (Å²) in [6.45, 7) is 4.59. The number of carbonyl (C=O) groups is 3. The normalized spacial score (nSPS) is 23.2. The van der Waals surface area contributed by atoms with Crippen LogP contribution in [0.1, 0.15) is 24.4 Å². The number of halogens is 2. The molecule has 0 aliphatic carbocycles. The second kappa shape index (κ2) is 8.91. The molecule has 0 unspecified atom stereocenters. The van der Waals surface area contributed by atoms with Crippen LogP contribution in [-0.2, 0) is 9.59 Å². The molecular weight excluding hydrogens is 574 g/mol. The molecule has 174 valence electrons. The van der Waals surface area contributed by atoms with Crippen molar-refractivity contribution in [3.05, 3.63) is 22.6 Å². The molecule has 2 aromatic rings. The number of thiazole rings is 1. The predicted octanol–water partition coefficient (Wildman–Crippen LogP) is -1.76. The SMILES string of the molecule is Cc1c(C2=C(C(=O)O)N3C(=O)[C@H]([C@@H](C)O)[C@H]3[C@H]2C)sc2c(SCCF)n(C(N)=O)c[n+]12.[I-]. The summed E-state index contributed by atoms with van der Waals surface area (Å²) >= 11 is 2.42. The van der Waals surface area contributed by atoms with Gasteiger partial charge in [0, 0.05) is 17.2 Å². The van der Waals surface area contributed by atoms with Crippen molar-refractivity contribution in [2.45, 2.75) is 37.9 Å². The quantitative estimate of drug-likeness (QED) is 0.157. The Hall–Kier alpha value is -1.71. The Labute approximate surface area is 208 Å². The number of hydrogen-bond donors (Lipinski definition) is 3. The Morgan fingerprint density at radius 2 is 2.09 bits per heavy atom. The van der Waals surface area contributed by atoms with E-state index in [0.29, 0.717) is 26.0 Å². The summed E-state index contributed by atoms with van der Waals surface area (Å²) in [7, 11) is 0. The molecule has 2 aliphatic heterocycles. The molecule has 9 nitrogen and oxygen atoms in total. The van der Waals surface area contributed by atoms with E-state index in [2.05, 4.69) is 0 Å². The van der Waals surface area contributed by atoms with Crippen molar-refractivity contribution in [2.75, 3.05) is 12.4 Å². The second-order valence-corrected chi connectivity index (χ2v) is 9.76. The van der Waals surface area contributed by atoms with Gasteiger partial charge in [-0.25, -0.2) is 9.59 Å². The lowest BCUT2D eigenvalue weighted by molar-refractivity contribution is -0.515. The van der Waals surface area contributed by atoms with Gasteiger partial charge >= 0.3 is 12.0 Å². The second-order valence-electron chi connectivity index (χ2n) is 7.68. The largest absolute Gasteiger partial charge is 1.00 e. The van der Waals surface area contributed by atoms with Crippen LogP contribution < -0.4 is 34.1 Å². The number of hydrogen-bond acceptors (Lipinski definition) is 6. The number of carboxylic acids is 1. The molecule has 0 bridgehead atoms. The minimum atomic E-state index is -1.21. The lowest BCUT2D eigenvalue weighted by Gasteiger charge is -2.46. The maximum absolute atomic E-state index is 12.8. The van der Waals surface area contributed by atoms with E-state index in [-0.39, 0.29) is 41.3 Å². The summed E-state index contributed by atoms with van der Waals surface area (Å²) in [5.74, 6) is -2.43. The number of aliphatic hydroxyl groups excluding tert-OH is 1. The van der Waals surface area contributed by atoms with Crippen molar-refractivity contribution < 1.29 is 57.4 Å². The van der Waals surface area contributed by atoms with E-state index in [1.54, 1.807) is 11.3 Å². The number of nitrogens with two attached hydrogens (primary N) is 1. The third kappa shape index (κ3) is 3.44. The zero-order chi connectivity index (χ0) is 22.8. The number of nitrogens with zero attached hydrogens (tertiary/aromatic N) is 3. The topological polar surface area (TPSA) is 130 Å². The molecule has 32 heavy (non-hydrogen) atoms. The van der Waals surface area contributed by atoms with E-state index < -0.39 is 42.6 Å². The van der Waals surface area contributed by atoms with Crippen LogP contribution in [0.15, 0.2) is 17.1 Å². The number of aryl methyl sites for hydroxylation is 1. The van der Waals surface area contributed by atoms with E-state index in [0.717, 1.165) is 11.8 Å². The predicted molar refractivity (Wildman–Crippen MR) is 111 cm³/mol. The number of aliphatic hydroxyl groups is 1. The smallest absolute Gasteiger partial charge is 0.411 e. The minimum absolute atomic E-state index is 0. The maximum Gasteiger partial charge on any atom is 0.411 e. The summed E-state index contributed by atoms with van der Waals surface area (Å²) in [5.41, 5.74) is 6.59. The molecular formula is C19H22FIN4O5S2. The fraction of sp³-hybridized carbons (Fsp3) is 0.474. The maximum atomic E-state index is 12.8. The number of β-lactam (4-membered cyclic amide) rings is 1. The highest BCUT2D eigenvalue weighted by molar-refractivity contribution is 7.99. The van der Waals surface area contributed by atoms with E-state index in [9.17, 15) is 29.0 Å². The summed E-state index contributed by atoms with van der Waals surface area (Å²) in [5, 5.41) is 20.4. The van der Waals surface area contributed by atoms with Crippen LogP contribution in [0.25, 0.3) is 10.4 Å². The molecule has 1 saturated heterocycles. The van der Waals surface area contributed by atoms with Crippen molar-refractivity contribution in [2.24, 2.45) is 17.6 Å². The van der Waals surface area contributed by atoms with Crippen molar-refractivity contribution in [1.82, 2.24) is 9.47 Å². The molecule has 4 rings (SSSR count). The number of amides is 2. The Morgan fingerprint density at radius 3 is 2.62 bits per heavy atom. The van der Waals surface area contributed by atoms with Gasteiger partial charge in [0.2, 0.25) is 15.8 Å².